The molecule has 0 saturated heterocycles. The van der Waals surface area contributed by atoms with Gasteiger partial charge in [-0.2, -0.15) is 0 Å². The SMILES string of the molecule is COc1cc(CN(C(=O)Nc2cccc(Cl)c2)C2CC2)ccc1O. The molecule has 1 fully saturated rings. The number of rotatable bonds is 5. The molecule has 6 heteroatoms. The highest BCUT2D eigenvalue weighted by Crippen LogP contribution is 2.31. The number of ether oxygens (including phenoxy) is 1. The molecule has 5 nitrogen and oxygen atoms in total. The van der Waals surface area contributed by atoms with Gasteiger partial charge in [-0.1, -0.05) is 23.7 Å². The standard InChI is InChI=1S/C18H19ClN2O3/c1-24-17-9-12(5-8-16(17)22)11-21(15-6-7-15)18(23)20-14-4-2-3-13(19)10-14/h2-5,8-10,15,22H,6-7,11H2,1H3,(H,20,23). The van der Waals surface area contributed by atoms with Crippen molar-refractivity contribution in [3.8, 4) is 11.5 Å². The van der Waals surface area contributed by atoms with Crippen LogP contribution in [0.4, 0.5) is 10.5 Å². The molecule has 2 amide bonds. The summed E-state index contributed by atoms with van der Waals surface area (Å²) in [6, 6.07) is 12.3. The predicted octanol–water partition coefficient (Wildman–Crippen LogP) is 4.25. The zero-order valence-electron chi connectivity index (χ0n) is 13.3. The van der Waals surface area contributed by atoms with Crippen molar-refractivity contribution in [2.45, 2.75) is 25.4 Å². The number of hydrogen-bond donors (Lipinski definition) is 2. The molecule has 2 N–H and O–H groups in total. The molecule has 0 spiro atoms. The number of nitrogens with one attached hydrogen (secondary N) is 1. The van der Waals surface area contributed by atoms with Gasteiger partial charge < -0.3 is 20.1 Å². The summed E-state index contributed by atoms with van der Waals surface area (Å²) in [4.78, 5) is 14.4. The molecule has 1 saturated carbocycles. The quantitative estimate of drug-likeness (QED) is 0.850. The topological polar surface area (TPSA) is 61.8 Å². The van der Waals surface area contributed by atoms with Gasteiger partial charge in [-0.05, 0) is 48.7 Å². The fraction of sp³-hybridized carbons (Fsp3) is 0.278. The van der Waals surface area contributed by atoms with E-state index in [1.165, 1.54) is 7.11 Å². The number of aromatic hydroxyl groups is 1. The molecule has 0 aliphatic heterocycles. The number of anilines is 1. The van der Waals surface area contributed by atoms with Crippen LogP contribution in [0.25, 0.3) is 0 Å². The fourth-order valence-electron chi connectivity index (χ4n) is 2.53. The normalized spacial score (nSPS) is 13.4. The van der Waals surface area contributed by atoms with Gasteiger partial charge in [0.1, 0.15) is 0 Å². The highest BCUT2D eigenvalue weighted by Gasteiger charge is 2.32. The van der Waals surface area contributed by atoms with E-state index in [2.05, 4.69) is 5.32 Å². The lowest BCUT2D eigenvalue weighted by atomic mass is 10.2. The second kappa shape index (κ2) is 7.01. The maximum atomic E-state index is 12.6. The van der Waals surface area contributed by atoms with Crippen molar-refractivity contribution in [3.63, 3.8) is 0 Å². The monoisotopic (exact) mass is 346 g/mol. The van der Waals surface area contributed by atoms with E-state index in [1.807, 2.05) is 0 Å². The molecule has 0 bridgehead atoms. The fourth-order valence-corrected chi connectivity index (χ4v) is 2.72. The van der Waals surface area contributed by atoms with Crippen molar-refractivity contribution in [1.29, 1.82) is 0 Å². The first-order chi connectivity index (χ1) is 11.6. The van der Waals surface area contributed by atoms with Crippen LogP contribution in [0, 0.1) is 0 Å². The molecule has 126 valence electrons. The van der Waals surface area contributed by atoms with Crippen LogP contribution < -0.4 is 10.1 Å². The molecule has 0 aromatic heterocycles. The number of amides is 2. The minimum absolute atomic E-state index is 0.0857. The summed E-state index contributed by atoms with van der Waals surface area (Å²) >= 11 is 5.96. The van der Waals surface area contributed by atoms with Gasteiger partial charge in [0.05, 0.1) is 7.11 Å². The zero-order chi connectivity index (χ0) is 17.1. The number of methoxy groups -OCH3 is 1. The Labute approximate surface area is 145 Å². The highest BCUT2D eigenvalue weighted by atomic mass is 35.5. The van der Waals surface area contributed by atoms with Crippen LogP contribution in [-0.2, 0) is 6.54 Å². The molecule has 24 heavy (non-hydrogen) atoms. The summed E-state index contributed by atoms with van der Waals surface area (Å²) in [6.45, 7) is 0.452. The van der Waals surface area contributed by atoms with Gasteiger partial charge >= 0.3 is 6.03 Å². The van der Waals surface area contributed by atoms with Crippen LogP contribution in [0.5, 0.6) is 11.5 Å². The molecule has 0 heterocycles. The number of benzene rings is 2. The minimum Gasteiger partial charge on any atom is -0.504 e. The second-order valence-corrected chi connectivity index (χ2v) is 6.24. The van der Waals surface area contributed by atoms with E-state index in [-0.39, 0.29) is 17.8 Å². The van der Waals surface area contributed by atoms with Crippen molar-refractivity contribution >= 4 is 23.3 Å². The van der Waals surface area contributed by atoms with Crippen molar-refractivity contribution in [2.24, 2.45) is 0 Å². The van der Waals surface area contributed by atoms with Crippen LogP contribution in [0.1, 0.15) is 18.4 Å². The number of phenolic OH excluding ortho intramolecular Hbond substituents is 1. The number of carbonyl (C=O) groups excluding carboxylic acids is 1. The van der Waals surface area contributed by atoms with Gasteiger partial charge in [-0.15, -0.1) is 0 Å². The smallest absolute Gasteiger partial charge is 0.322 e. The van der Waals surface area contributed by atoms with E-state index in [0.717, 1.165) is 18.4 Å². The summed E-state index contributed by atoms with van der Waals surface area (Å²) in [6.07, 6.45) is 2.00. The molecule has 1 aliphatic rings. The number of phenols is 1. The second-order valence-electron chi connectivity index (χ2n) is 5.81. The van der Waals surface area contributed by atoms with Crippen molar-refractivity contribution in [2.75, 3.05) is 12.4 Å². The first-order valence-corrected chi connectivity index (χ1v) is 8.13. The lowest BCUT2D eigenvalue weighted by Gasteiger charge is -2.23. The maximum absolute atomic E-state index is 12.6. The molecule has 2 aromatic carbocycles. The number of halogens is 1. The Balaban J connectivity index is 1.74. The summed E-state index contributed by atoms with van der Waals surface area (Å²) in [5.41, 5.74) is 1.57. The summed E-state index contributed by atoms with van der Waals surface area (Å²) in [5, 5.41) is 13.2. The third-order valence-corrected chi connectivity index (χ3v) is 4.16. The number of hydrogen-bond acceptors (Lipinski definition) is 3. The molecule has 0 unspecified atom stereocenters. The molecular weight excluding hydrogens is 328 g/mol. The van der Waals surface area contributed by atoms with Gasteiger partial charge in [0.15, 0.2) is 11.5 Å². The van der Waals surface area contributed by atoms with E-state index in [0.29, 0.717) is 23.0 Å². The lowest BCUT2D eigenvalue weighted by molar-refractivity contribution is 0.206. The lowest BCUT2D eigenvalue weighted by Crippen LogP contribution is -2.36. The Morgan fingerprint density at radius 1 is 1.33 bits per heavy atom. The Morgan fingerprint density at radius 3 is 2.79 bits per heavy atom. The minimum atomic E-state index is -0.160. The van der Waals surface area contributed by atoms with Crippen LogP contribution >= 0.6 is 11.6 Å². The molecule has 1 aliphatic carbocycles. The Kier molecular flexibility index (Phi) is 4.81. The van der Waals surface area contributed by atoms with Crippen LogP contribution in [0.15, 0.2) is 42.5 Å². The van der Waals surface area contributed by atoms with E-state index in [1.54, 1.807) is 47.4 Å². The van der Waals surface area contributed by atoms with E-state index >= 15 is 0 Å². The van der Waals surface area contributed by atoms with Gasteiger partial charge in [-0.25, -0.2) is 4.79 Å². The van der Waals surface area contributed by atoms with Gasteiger partial charge in [0, 0.05) is 23.3 Å². The number of urea groups is 1. The van der Waals surface area contributed by atoms with Crippen LogP contribution in [0.2, 0.25) is 5.02 Å². The van der Waals surface area contributed by atoms with Crippen LogP contribution in [-0.4, -0.2) is 29.2 Å². The van der Waals surface area contributed by atoms with Gasteiger partial charge in [0.25, 0.3) is 0 Å². The zero-order valence-corrected chi connectivity index (χ0v) is 14.1. The Morgan fingerprint density at radius 2 is 2.12 bits per heavy atom. The first kappa shape index (κ1) is 16.5. The Hall–Kier alpha value is -2.40. The molecule has 0 atom stereocenters. The van der Waals surface area contributed by atoms with E-state index in [4.69, 9.17) is 16.3 Å². The summed E-state index contributed by atoms with van der Waals surface area (Å²) in [7, 11) is 1.50. The summed E-state index contributed by atoms with van der Waals surface area (Å²) < 4.78 is 5.13. The van der Waals surface area contributed by atoms with E-state index in [9.17, 15) is 9.90 Å². The summed E-state index contributed by atoms with van der Waals surface area (Å²) in [5.74, 6) is 0.487. The third-order valence-electron chi connectivity index (χ3n) is 3.92. The van der Waals surface area contributed by atoms with Gasteiger partial charge in [0.2, 0.25) is 0 Å². The molecule has 2 aromatic rings. The average molecular weight is 347 g/mol. The van der Waals surface area contributed by atoms with Crippen molar-refractivity contribution in [3.05, 3.63) is 53.1 Å². The number of carbonyl (C=O) groups is 1. The van der Waals surface area contributed by atoms with Crippen molar-refractivity contribution < 1.29 is 14.6 Å². The number of nitrogens with zero attached hydrogens (tertiary/aromatic N) is 1. The largest absolute Gasteiger partial charge is 0.504 e. The van der Waals surface area contributed by atoms with Gasteiger partial charge in [-0.3, -0.25) is 0 Å². The molecular formula is C18H19ClN2O3. The van der Waals surface area contributed by atoms with Crippen molar-refractivity contribution in [1.82, 2.24) is 4.90 Å². The van der Waals surface area contributed by atoms with Crippen LogP contribution in [0.3, 0.4) is 0 Å². The highest BCUT2D eigenvalue weighted by molar-refractivity contribution is 6.30. The Bertz CT molecular complexity index is 747. The predicted molar refractivity (Wildman–Crippen MR) is 93.7 cm³/mol. The molecule has 0 radical (unpaired) electrons. The van der Waals surface area contributed by atoms with E-state index < -0.39 is 0 Å². The maximum Gasteiger partial charge on any atom is 0.322 e. The first-order valence-electron chi connectivity index (χ1n) is 7.76. The average Bonchev–Trinajstić information content (AvgIpc) is 3.38. The third kappa shape index (κ3) is 3.92. The molecule has 3 rings (SSSR count).